The molecule has 1 atom stereocenters. The fourth-order valence-corrected chi connectivity index (χ4v) is 4.29. The number of rotatable bonds is 7. The van der Waals surface area contributed by atoms with Gasteiger partial charge < -0.3 is 15.2 Å². The van der Waals surface area contributed by atoms with Crippen LogP contribution in [0.4, 0.5) is 10.5 Å². The Labute approximate surface area is 193 Å². The van der Waals surface area contributed by atoms with E-state index in [1.807, 2.05) is 48.5 Å². The quantitative estimate of drug-likeness (QED) is 0.382. The molecule has 0 heterocycles. The number of carboxylic acid groups (broad SMARTS) is 1. The lowest BCUT2D eigenvalue weighted by Crippen LogP contribution is -2.43. The number of nitrogens with zero attached hydrogens (tertiary/aromatic N) is 1. The third-order valence-electron chi connectivity index (χ3n) is 5.60. The molecule has 1 aliphatic carbocycles. The minimum atomic E-state index is -1.43. The van der Waals surface area contributed by atoms with Crippen molar-refractivity contribution < 1.29 is 24.4 Å². The Balaban J connectivity index is 1.47. The molecule has 0 bridgehead atoms. The van der Waals surface area contributed by atoms with Gasteiger partial charge in [0.2, 0.25) is 0 Å². The standard InChI is InChI=1S/C24H19ClN2O6/c25-15-9-10-22(27(31)32)14(11-15)12-21(23(28)29)26-24(30)33-13-20-18-7-3-1-5-16(18)17-6-2-4-8-19(17)20/h1-11,20-21H,12-13H2,(H,26,30)(H,28,29). The van der Waals surface area contributed by atoms with E-state index in [0.29, 0.717) is 0 Å². The van der Waals surface area contributed by atoms with E-state index >= 15 is 0 Å². The predicted octanol–water partition coefficient (Wildman–Crippen LogP) is 4.78. The van der Waals surface area contributed by atoms with Gasteiger partial charge in [-0.05, 0) is 34.4 Å². The van der Waals surface area contributed by atoms with Gasteiger partial charge in [-0.1, -0.05) is 60.1 Å². The Morgan fingerprint density at radius 3 is 2.24 bits per heavy atom. The average molecular weight is 467 g/mol. The number of fused-ring (bicyclic) bond motifs is 3. The molecule has 2 N–H and O–H groups in total. The summed E-state index contributed by atoms with van der Waals surface area (Å²) >= 11 is 5.91. The summed E-state index contributed by atoms with van der Waals surface area (Å²) in [5.41, 5.74) is 4.00. The number of ether oxygens (including phenoxy) is 1. The third-order valence-corrected chi connectivity index (χ3v) is 5.83. The molecular formula is C24H19ClN2O6. The van der Waals surface area contributed by atoms with Crippen molar-refractivity contribution in [3.05, 3.63) is 98.6 Å². The zero-order chi connectivity index (χ0) is 23.5. The number of alkyl carbamates (subject to hydrolysis) is 1. The Morgan fingerprint density at radius 2 is 1.67 bits per heavy atom. The van der Waals surface area contributed by atoms with Gasteiger partial charge in [-0.2, -0.15) is 0 Å². The minimum Gasteiger partial charge on any atom is -0.480 e. The maximum atomic E-state index is 12.5. The number of aliphatic carboxylic acids is 1. The first-order valence-electron chi connectivity index (χ1n) is 10.1. The second-order valence-corrected chi connectivity index (χ2v) is 8.03. The van der Waals surface area contributed by atoms with Crippen LogP contribution in [0.2, 0.25) is 5.02 Å². The van der Waals surface area contributed by atoms with E-state index in [2.05, 4.69) is 5.32 Å². The Kier molecular flexibility index (Phi) is 6.28. The number of benzene rings is 3. The Bertz CT molecular complexity index is 1200. The fourth-order valence-electron chi connectivity index (χ4n) is 4.10. The zero-order valence-corrected chi connectivity index (χ0v) is 18.0. The summed E-state index contributed by atoms with van der Waals surface area (Å²) in [6.45, 7) is 0.0174. The molecular weight excluding hydrogens is 448 g/mol. The van der Waals surface area contributed by atoms with E-state index in [9.17, 15) is 24.8 Å². The Morgan fingerprint density at radius 1 is 1.06 bits per heavy atom. The molecule has 0 spiro atoms. The number of nitro benzene ring substituents is 1. The molecule has 0 aromatic heterocycles. The van der Waals surface area contributed by atoms with Gasteiger partial charge in [0.05, 0.1) is 4.92 Å². The van der Waals surface area contributed by atoms with Crippen molar-refractivity contribution in [2.24, 2.45) is 0 Å². The summed E-state index contributed by atoms with van der Waals surface area (Å²) in [7, 11) is 0. The average Bonchev–Trinajstić information content (AvgIpc) is 3.11. The SMILES string of the molecule is O=C(NC(Cc1cc(Cl)ccc1[N+](=O)[O-])C(=O)O)OCC1c2ccccc2-c2ccccc21. The number of carbonyl (C=O) groups excluding carboxylic acids is 1. The molecule has 3 aromatic rings. The monoisotopic (exact) mass is 466 g/mol. The van der Waals surface area contributed by atoms with E-state index in [1.54, 1.807) is 0 Å². The summed E-state index contributed by atoms with van der Waals surface area (Å²) < 4.78 is 5.39. The number of nitro groups is 1. The molecule has 4 rings (SSSR count). The molecule has 1 unspecified atom stereocenters. The third kappa shape index (κ3) is 4.65. The van der Waals surface area contributed by atoms with Crippen molar-refractivity contribution in [2.75, 3.05) is 6.61 Å². The van der Waals surface area contributed by atoms with Gasteiger partial charge >= 0.3 is 12.1 Å². The van der Waals surface area contributed by atoms with Gasteiger partial charge in [0.15, 0.2) is 0 Å². The van der Waals surface area contributed by atoms with Crippen LogP contribution in [0.25, 0.3) is 11.1 Å². The van der Waals surface area contributed by atoms with E-state index in [-0.39, 0.29) is 35.2 Å². The van der Waals surface area contributed by atoms with Gasteiger partial charge in [-0.25, -0.2) is 9.59 Å². The van der Waals surface area contributed by atoms with Crippen LogP contribution in [0.1, 0.15) is 22.6 Å². The van der Waals surface area contributed by atoms with Gasteiger partial charge in [-0.3, -0.25) is 10.1 Å². The van der Waals surface area contributed by atoms with Crippen molar-refractivity contribution in [1.29, 1.82) is 0 Å². The first-order valence-corrected chi connectivity index (χ1v) is 10.5. The van der Waals surface area contributed by atoms with Crippen LogP contribution in [-0.4, -0.2) is 34.7 Å². The summed E-state index contributed by atoms with van der Waals surface area (Å²) in [5.74, 6) is -1.53. The van der Waals surface area contributed by atoms with Crippen LogP contribution < -0.4 is 5.32 Å². The van der Waals surface area contributed by atoms with Crippen LogP contribution >= 0.6 is 11.6 Å². The molecule has 1 aliphatic rings. The van der Waals surface area contributed by atoms with Crippen LogP contribution in [0.5, 0.6) is 0 Å². The maximum absolute atomic E-state index is 12.5. The summed E-state index contributed by atoms with van der Waals surface area (Å²) in [4.78, 5) is 34.8. The molecule has 33 heavy (non-hydrogen) atoms. The lowest BCUT2D eigenvalue weighted by Gasteiger charge is -2.17. The van der Waals surface area contributed by atoms with Gasteiger partial charge in [0.25, 0.3) is 5.69 Å². The first kappa shape index (κ1) is 22.3. The number of amides is 1. The normalized spacial score (nSPS) is 13.0. The lowest BCUT2D eigenvalue weighted by molar-refractivity contribution is -0.385. The van der Waals surface area contributed by atoms with E-state index < -0.39 is 23.0 Å². The number of hydrogen-bond donors (Lipinski definition) is 2. The summed E-state index contributed by atoms with van der Waals surface area (Å²) in [5, 5.41) is 23.3. The van der Waals surface area contributed by atoms with Crippen LogP contribution in [0, 0.1) is 10.1 Å². The van der Waals surface area contributed by atoms with E-state index in [1.165, 1.54) is 18.2 Å². The highest BCUT2D eigenvalue weighted by Crippen LogP contribution is 2.44. The largest absolute Gasteiger partial charge is 0.480 e. The fraction of sp³-hybridized carbons (Fsp3) is 0.167. The molecule has 0 fully saturated rings. The molecule has 0 radical (unpaired) electrons. The topological polar surface area (TPSA) is 119 Å². The lowest BCUT2D eigenvalue weighted by atomic mass is 9.98. The Hall–Kier alpha value is -3.91. The molecule has 168 valence electrons. The molecule has 8 nitrogen and oxygen atoms in total. The van der Waals surface area contributed by atoms with Gasteiger partial charge in [0, 0.05) is 29.0 Å². The van der Waals surface area contributed by atoms with Gasteiger partial charge in [0.1, 0.15) is 12.6 Å². The number of carbonyl (C=O) groups is 2. The highest BCUT2D eigenvalue weighted by molar-refractivity contribution is 6.30. The number of carboxylic acids is 1. The van der Waals surface area contributed by atoms with Crippen LogP contribution in [0.15, 0.2) is 66.7 Å². The second kappa shape index (κ2) is 9.30. The smallest absolute Gasteiger partial charge is 0.407 e. The molecule has 9 heteroatoms. The summed E-state index contributed by atoms with van der Waals surface area (Å²) in [6, 6.07) is 18.1. The van der Waals surface area contributed by atoms with Gasteiger partial charge in [-0.15, -0.1) is 0 Å². The van der Waals surface area contributed by atoms with Crippen molar-refractivity contribution in [1.82, 2.24) is 5.32 Å². The van der Waals surface area contributed by atoms with Crippen LogP contribution in [-0.2, 0) is 16.0 Å². The first-order chi connectivity index (χ1) is 15.8. The second-order valence-electron chi connectivity index (χ2n) is 7.59. The zero-order valence-electron chi connectivity index (χ0n) is 17.2. The molecule has 0 aliphatic heterocycles. The van der Waals surface area contributed by atoms with E-state index in [4.69, 9.17) is 16.3 Å². The van der Waals surface area contributed by atoms with Crippen LogP contribution in [0.3, 0.4) is 0 Å². The highest BCUT2D eigenvalue weighted by atomic mass is 35.5. The maximum Gasteiger partial charge on any atom is 0.407 e. The molecule has 3 aromatic carbocycles. The minimum absolute atomic E-state index is 0.0174. The van der Waals surface area contributed by atoms with E-state index in [0.717, 1.165) is 22.3 Å². The number of hydrogen-bond acceptors (Lipinski definition) is 5. The van der Waals surface area contributed by atoms with Crippen molar-refractivity contribution >= 4 is 29.4 Å². The van der Waals surface area contributed by atoms with Crippen molar-refractivity contribution in [3.63, 3.8) is 0 Å². The predicted molar refractivity (Wildman–Crippen MR) is 121 cm³/mol. The number of nitrogens with one attached hydrogen (secondary N) is 1. The van der Waals surface area contributed by atoms with Crippen molar-refractivity contribution in [3.8, 4) is 11.1 Å². The highest BCUT2D eigenvalue weighted by Gasteiger charge is 2.30. The molecule has 1 amide bonds. The molecule has 0 saturated heterocycles. The van der Waals surface area contributed by atoms with Crippen molar-refractivity contribution in [2.45, 2.75) is 18.4 Å². The summed E-state index contributed by atoms with van der Waals surface area (Å²) in [6.07, 6.45) is -1.25. The molecule has 0 saturated carbocycles. The number of halogens is 1.